The molecule has 0 unspecified atom stereocenters. The van der Waals surface area contributed by atoms with Gasteiger partial charge >= 0.3 is 0 Å². The second-order valence-corrected chi connectivity index (χ2v) is 7.79. The van der Waals surface area contributed by atoms with Crippen LogP contribution in [0.3, 0.4) is 0 Å². The monoisotopic (exact) mass is 355 g/mol. The number of furan rings is 1. The predicted octanol–water partition coefficient (Wildman–Crippen LogP) is 5.38. The summed E-state index contributed by atoms with van der Waals surface area (Å²) in [6.07, 6.45) is 0. The van der Waals surface area contributed by atoms with Gasteiger partial charge in [-0.05, 0) is 45.9 Å². The van der Waals surface area contributed by atoms with Crippen molar-refractivity contribution >= 4 is 26.9 Å². The molecule has 0 aliphatic heterocycles. The van der Waals surface area contributed by atoms with Crippen LogP contribution in [0.25, 0.3) is 11.0 Å². The molecule has 2 aromatic rings. The number of hydrogen-bond donors (Lipinski definition) is 1. The highest BCUT2D eigenvalue weighted by Crippen LogP contribution is 2.38. The lowest BCUT2D eigenvalue weighted by molar-refractivity contribution is 0.464. The van der Waals surface area contributed by atoms with Crippen LogP contribution in [-0.4, -0.2) is 6.54 Å². The number of benzene rings is 1. The minimum absolute atomic E-state index is 0.104. The normalized spacial score (nSPS) is 12.6. The molecular formula is C17H23BrFNO. The molecule has 0 saturated carbocycles. The molecule has 0 saturated heterocycles. The largest absolute Gasteiger partial charge is 0.458 e. The molecule has 1 N–H and O–H groups in total. The smallest absolute Gasteiger partial charge is 0.149 e. The quantitative estimate of drug-likeness (QED) is 0.796. The predicted molar refractivity (Wildman–Crippen MR) is 89.1 cm³/mol. The molecule has 0 aliphatic carbocycles. The van der Waals surface area contributed by atoms with E-state index in [0.29, 0.717) is 16.9 Å². The number of nitrogens with one attached hydrogen (secondary N) is 1. The van der Waals surface area contributed by atoms with E-state index in [2.05, 4.69) is 55.9 Å². The van der Waals surface area contributed by atoms with Crippen LogP contribution in [0.5, 0.6) is 0 Å². The van der Waals surface area contributed by atoms with Gasteiger partial charge in [0.25, 0.3) is 0 Å². The van der Waals surface area contributed by atoms with Gasteiger partial charge in [0.05, 0.1) is 11.0 Å². The van der Waals surface area contributed by atoms with Gasteiger partial charge in [0.15, 0.2) is 0 Å². The molecule has 1 aromatic carbocycles. The van der Waals surface area contributed by atoms with E-state index < -0.39 is 0 Å². The molecule has 0 aliphatic rings. The highest BCUT2D eigenvalue weighted by atomic mass is 79.9. The van der Waals surface area contributed by atoms with Gasteiger partial charge in [-0.25, -0.2) is 4.39 Å². The fourth-order valence-corrected chi connectivity index (χ4v) is 3.11. The fourth-order valence-electron chi connectivity index (χ4n) is 2.60. The van der Waals surface area contributed by atoms with Crippen molar-refractivity contribution in [3.63, 3.8) is 0 Å². The summed E-state index contributed by atoms with van der Waals surface area (Å²) in [6, 6.07) is 3.01. The second-order valence-electron chi connectivity index (χ2n) is 6.94. The van der Waals surface area contributed by atoms with E-state index in [1.807, 2.05) is 0 Å². The molecular weight excluding hydrogens is 333 g/mol. The Morgan fingerprint density at radius 1 is 1.29 bits per heavy atom. The lowest BCUT2D eigenvalue weighted by Gasteiger charge is -2.19. The van der Waals surface area contributed by atoms with Crippen molar-refractivity contribution in [3.8, 4) is 0 Å². The topological polar surface area (TPSA) is 25.2 Å². The first-order valence-corrected chi connectivity index (χ1v) is 8.11. The molecule has 4 heteroatoms. The highest BCUT2D eigenvalue weighted by molar-refractivity contribution is 9.10. The van der Waals surface area contributed by atoms with Crippen molar-refractivity contribution in [1.29, 1.82) is 0 Å². The Morgan fingerprint density at radius 3 is 2.52 bits per heavy atom. The Hall–Kier alpha value is -0.870. The van der Waals surface area contributed by atoms with Gasteiger partial charge in [-0.2, -0.15) is 0 Å². The molecule has 0 radical (unpaired) electrons. The first kappa shape index (κ1) is 16.5. The number of fused-ring (bicyclic) bond motifs is 1. The van der Waals surface area contributed by atoms with E-state index in [4.69, 9.17) is 4.42 Å². The molecule has 1 aromatic heterocycles. The van der Waals surface area contributed by atoms with Crippen molar-refractivity contribution < 1.29 is 8.81 Å². The van der Waals surface area contributed by atoms with Gasteiger partial charge in [0.2, 0.25) is 0 Å². The zero-order chi connectivity index (χ0) is 15.8. The average molecular weight is 356 g/mol. The summed E-state index contributed by atoms with van der Waals surface area (Å²) in [4.78, 5) is 0. The van der Waals surface area contributed by atoms with E-state index >= 15 is 0 Å². The molecule has 0 fully saturated rings. The minimum Gasteiger partial charge on any atom is -0.458 e. The number of hydrogen-bond acceptors (Lipinski definition) is 2. The summed E-state index contributed by atoms with van der Waals surface area (Å²) in [5.41, 5.74) is 1.70. The third kappa shape index (κ3) is 3.67. The molecule has 0 spiro atoms. The summed E-state index contributed by atoms with van der Waals surface area (Å²) in [5.74, 6) is 1.23. The van der Waals surface area contributed by atoms with E-state index in [0.717, 1.165) is 28.8 Å². The maximum atomic E-state index is 13.7. The molecule has 0 amide bonds. The molecule has 21 heavy (non-hydrogen) atoms. The Bertz CT molecular complexity index is 640. The third-order valence-electron chi connectivity index (χ3n) is 3.37. The summed E-state index contributed by atoms with van der Waals surface area (Å²) >= 11 is 3.40. The molecule has 2 rings (SSSR count). The summed E-state index contributed by atoms with van der Waals surface area (Å²) in [5, 5.41) is 4.26. The van der Waals surface area contributed by atoms with Crippen LogP contribution in [0.15, 0.2) is 21.0 Å². The van der Waals surface area contributed by atoms with Gasteiger partial charge in [0, 0.05) is 10.9 Å². The van der Waals surface area contributed by atoms with Crippen molar-refractivity contribution in [2.45, 2.75) is 46.6 Å². The molecule has 0 atom stereocenters. The number of halogens is 2. The van der Waals surface area contributed by atoms with Gasteiger partial charge in [-0.1, -0.05) is 34.6 Å². The number of rotatable bonds is 4. The molecule has 1 heterocycles. The lowest BCUT2D eigenvalue weighted by atomic mass is 9.84. The highest BCUT2D eigenvalue weighted by Gasteiger charge is 2.26. The molecule has 0 bridgehead atoms. The van der Waals surface area contributed by atoms with E-state index in [9.17, 15) is 4.39 Å². The zero-order valence-corrected chi connectivity index (χ0v) is 14.9. The Morgan fingerprint density at radius 2 is 1.95 bits per heavy atom. The SMILES string of the molecule is CC(C)CNCc1oc2c(Br)cc(F)cc2c1C(C)(C)C. The fraction of sp³-hybridized carbons (Fsp3) is 0.529. The second kappa shape index (κ2) is 6.09. The van der Waals surface area contributed by atoms with Gasteiger partial charge in [-0.3, -0.25) is 0 Å². The van der Waals surface area contributed by atoms with Crippen molar-refractivity contribution in [2.24, 2.45) is 5.92 Å². The van der Waals surface area contributed by atoms with Gasteiger partial charge in [0.1, 0.15) is 17.2 Å². The molecule has 116 valence electrons. The van der Waals surface area contributed by atoms with Crippen LogP contribution in [0, 0.1) is 11.7 Å². The van der Waals surface area contributed by atoms with Gasteiger partial charge < -0.3 is 9.73 Å². The Kier molecular flexibility index (Phi) is 4.79. The van der Waals surface area contributed by atoms with Gasteiger partial charge in [-0.15, -0.1) is 0 Å². The third-order valence-corrected chi connectivity index (χ3v) is 3.96. The van der Waals surface area contributed by atoms with Crippen molar-refractivity contribution in [1.82, 2.24) is 5.32 Å². The van der Waals surface area contributed by atoms with Crippen molar-refractivity contribution in [2.75, 3.05) is 6.54 Å². The molecule has 2 nitrogen and oxygen atoms in total. The van der Waals surface area contributed by atoms with E-state index in [1.54, 1.807) is 6.07 Å². The first-order valence-electron chi connectivity index (χ1n) is 7.31. The van der Waals surface area contributed by atoms with E-state index in [1.165, 1.54) is 6.07 Å². The zero-order valence-electron chi connectivity index (χ0n) is 13.3. The van der Waals surface area contributed by atoms with Crippen LogP contribution < -0.4 is 5.32 Å². The standard InChI is InChI=1S/C17H23BrFNO/c1-10(2)8-20-9-14-15(17(3,4)5)12-6-11(19)7-13(18)16(12)21-14/h6-7,10,20H,8-9H2,1-5H3. The lowest BCUT2D eigenvalue weighted by Crippen LogP contribution is -2.21. The van der Waals surface area contributed by atoms with Crippen LogP contribution in [-0.2, 0) is 12.0 Å². The summed E-state index contributed by atoms with van der Waals surface area (Å²) in [6.45, 7) is 12.3. The Labute approximate surface area is 134 Å². The Balaban J connectivity index is 2.51. The summed E-state index contributed by atoms with van der Waals surface area (Å²) < 4.78 is 20.4. The maximum Gasteiger partial charge on any atom is 0.149 e. The summed E-state index contributed by atoms with van der Waals surface area (Å²) in [7, 11) is 0. The minimum atomic E-state index is -0.248. The van der Waals surface area contributed by atoms with Crippen LogP contribution in [0.2, 0.25) is 0 Å². The average Bonchev–Trinajstić information content (AvgIpc) is 2.66. The van der Waals surface area contributed by atoms with Crippen molar-refractivity contribution in [3.05, 3.63) is 33.7 Å². The van der Waals surface area contributed by atoms with E-state index in [-0.39, 0.29) is 11.2 Å². The van der Waals surface area contributed by atoms with Crippen LogP contribution in [0.4, 0.5) is 4.39 Å². The maximum absolute atomic E-state index is 13.7. The first-order chi connectivity index (χ1) is 9.70. The van der Waals surface area contributed by atoms with Crippen LogP contribution in [0.1, 0.15) is 45.9 Å². The van der Waals surface area contributed by atoms with Crippen LogP contribution >= 0.6 is 15.9 Å².